The first kappa shape index (κ1) is 30.3. The lowest BCUT2D eigenvalue weighted by Crippen LogP contribution is -2.58. The average Bonchev–Trinajstić information content (AvgIpc) is 3.30. The number of hydrogen-bond donors (Lipinski definition) is 0. The first-order valence-corrected chi connectivity index (χ1v) is 15.7. The standard InChI is InChI=1S/C31H27F5N4O2S2/c1-4-25(41)40-16(2)11-38(12-17(40)3)29-22-10-23(31(34,35)36)26(18-5-7-20(32)8-6-18)28-27(22)39(30(42)37-29)13-19(14-44-28)24-9-21(33)15-43-24/h4-10,15-17,19H,1,11-14H2,2-3H3/t16-,17+,19-/m0/s1. The number of benzene rings is 2. The average molecular weight is 647 g/mol. The summed E-state index contributed by atoms with van der Waals surface area (Å²) in [5.74, 6) is -1.28. The van der Waals surface area contributed by atoms with Crippen molar-refractivity contribution < 1.29 is 26.7 Å². The maximum atomic E-state index is 14.9. The summed E-state index contributed by atoms with van der Waals surface area (Å²) in [6.45, 7) is 7.76. The highest BCUT2D eigenvalue weighted by Crippen LogP contribution is 2.49. The van der Waals surface area contributed by atoms with E-state index in [0.29, 0.717) is 10.4 Å². The van der Waals surface area contributed by atoms with Gasteiger partial charge < -0.3 is 9.80 Å². The molecule has 2 aliphatic heterocycles. The van der Waals surface area contributed by atoms with Crippen LogP contribution in [0.3, 0.4) is 0 Å². The number of carbonyl (C=O) groups excluding carboxylic acids is 1. The quantitative estimate of drug-likeness (QED) is 0.178. The predicted octanol–water partition coefficient (Wildman–Crippen LogP) is 6.92. The van der Waals surface area contributed by atoms with Crippen LogP contribution in [-0.2, 0) is 17.5 Å². The fraction of sp³-hybridized carbons (Fsp3) is 0.323. The van der Waals surface area contributed by atoms with Crippen molar-refractivity contribution >= 4 is 45.7 Å². The molecule has 2 aromatic carbocycles. The summed E-state index contributed by atoms with van der Waals surface area (Å²) in [6.07, 6.45) is -3.58. The van der Waals surface area contributed by atoms with E-state index in [1.165, 1.54) is 45.6 Å². The number of halogens is 5. The largest absolute Gasteiger partial charge is 0.417 e. The van der Waals surface area contributed by atoms with E-state index in [1.807, 2.05) is 13.8 Å². The number of aromatic nitrogens is 2. The lowest BCUT2D eigenvalue weighted by atomic mass is 9.96. The molecular formula is C31H27F5N4O2S2. The van der Waals surface area contributed by atoms with E-state index in [1.54, 1.807) is 9.80 Å². The minimum absolute atomic E-state index is 0.0885. The van der Waals surface area contributed by atoms with Crippen molar-refractivity contribution in [1.82, 2.24) is 14.5 Å². The third-order valence-electron chi connectivity index (χ3n) is 8.11. The van der Waals surface area contributed by atoms with Gasteiger partial charge in [-0.2, -0.15) is 18.2 Å². The van der Waals surface area contributed by atoms with E-state index in [2.05, 4.69) is 11.6 Å². The molecule has 1 saturated heterocycles. The normalized spacial score (nSPS) is 20.6. The van der Waals surface area contributed by atoms with E-state index in [4.69, 9.17) is 0 Å². The maximum Gasteiger partial charge on any atom is 0.417 e. The van der Waals surface area contributed by atoms with Crippen molar-refractivity contribution in [2.45, 2.75) is 49.5 Å². The van der Waals surface area contributed by atoms with Crippen molar-refractivity contribution in [3.05, 3.63) is 87.0 Å². The molecule has 13 heteroatoms. The molecule has 0 N–H and O–H groups in total. The Morgan fingerprint density at radius 1 is 1.05 bits per heavy atom. The molecule has 6 nitrogen and oxygen atoms in total. The Bertz CT molecular complexity index is 1820. The molecule has 0 aliphatic carbocycles. The Kier molecular flexibility index (Phi) is 7.81. The van der Waals surface area contributed by atoms with Crippen LogP contribution in [0.25, 0.3) is 22.0 Å². The number of piperazine rings is 1. The number of thioether (sulfide) groups is 1. The van der Waals surface area contributed by atoms with Crippen molar-refractivity contribution in [3.8, 4) is 11.1 Å². The van der Waals surface area contributed by atoms with Gasteiger partial charge in [0.25, 0.3) is 0 Å². The molecule has 6 rings (SSSR count). The first-order valence-electron chi connectivity index (χ1n) is 13.9. The van der Waals surface area contributed by atoms with Crippen molar-refractivity contribution in [2.75, 3.05) is 23.7 Å². The van der Waals surface area contributed by atoms with Gasteiger partial charge in [-0.05, 0) is 49.8 Å². The molecular weight excluding hydrogens is 619 g/mol. The Hall–Kier alpha value is -3.71. The van der Waals surface area contributed by atoms with Crippen LogP contribution in [0.1, 0.15) is 30.2 Å². The maximum absolute atomic E-state index is 14.9. The van der Waals surface area contributed by atoms with E-state index in [9.17, 15) is 31.5 Å². The zero-order chi connectivity index (χ0) is 31.5. The number of thiophene rings is 1. The first-order chi connectivity index (χ1) is 20.9. The fourth-order valence-corrected chi connectivity index (χ4v) is 8.61. The molecule has 0 saturated carbocycles. The fourth-order valence-electron chi connectivity index (χ4n) is 6.28. The molecule has 0 bridgehead atoms. The molecule has 4 heterocycles. The highest BCUT2D eigenvalue weighted by atomic mass is 32.2. The van der Waals surface area contributed by atoms with Crippen LogP contribution < -0.4 is 10.6 Å². The monoisotopic (exact) mass is 646 g/mol. The minimum atomic E-state index is -4.80. The second-order valence-electron chi connectivity index (χ2n) is 11.1. The number of amides is 1. The Labute approximate surface area is 257 Å². The molecule has 230 valence electrons. The van der Waals surface area contributed by atoms with Gasteiger partial charge in [-0.1, -0.05) is 18.7 Å². The number of hydrogen-bond acceptors (Lipinski definition) is 6. The summed E-state index contributed by atoms with van der Waals surface area (Å²) >= 11 is 2.35. The number of carbonyl (C=O) groups is 1. The Balaban J connectivity index is 1.62. The van der Waals surface area contributed by atoms with Gasteiger partial charge in [0, 0.05) is 69.5 Å². The summed E-state index contributed by atoms with van der Waals surface area (Å²) < 4.78 is 74.0. The van der Waals surface area contributed by atoms with E-state index < -0.39 is 29.1 Å². The molecule has 0 radical (unpaired) electrons. The van der Waals surface area contributed by atoms with Gasteiger partial charge in [-0.25, -0.2) is 13.6 Å². The molecule has 2 aromatic heterocycles. The second kappa shape index (κ2) is 11.3. The Morgan fingerprint density at radius 2 is 1.73 bits per heavy atom. The van der Waals surface area contributed by atoms with Crippen molar-refractivity contribution in [2.24, 2.45) is 0 Å². The number of anilines is 1. The van der Waals surface area contributed by atoms with Gasteiger partial charge >= 0.3 is 11.9 Å². The smallest absolute Gasteiger partial charge is 0.352 e. The van der Waals surface area contributed by atoms with Crippen LogP contribution in [0.15, 0.2) is 64.1 Å². The second-order valence-corrected chi connectivity index (χ2v) is 13.1. The molecule has 44 heavy (non-hydrogen) atoms. The van der Waals surface area contributed by atoms with Crippen LogP contribution in [0.2, 0.25) is 0 Å². The SMILES string of the molecule is C=CC(=O)N1[C@H](C)CN(c2nc(=O)n3c4c(c(-c5ccc(F)cc5)c(C(F)(F)F)cc24)SC[C@@H](c2cc(F)cs2)C3)C[C@@H]1C. The Morgan fingerprint density at radius 3 is 2.32 bits per heavy atom. The lowest BCUT2D eigenvalue weighted by Gasteiger charge is -2.44. The van der Waals surface area contributed by atoms with Crippen LogP contribution >= 0.6 is 23.1 Å². The molecule has 0 unspecified atom stereocenters. The van der Waals surface area contributed by atoms with Crippen LogP contribution in [0.5, 0.6) is 0 Å². The molecule has 4 aromatic rings. The van der Waals surface area contributed by atoms with Gasteiger partial charge in [-0.15, -0.1) is 23.1 Å². The van der Waals surface area contributed by atoms with Gasteiger partial charge in [-0.3, -0.25) is 9.36 Å². The number of alkyl halides is 3. The highest BCUT2D eigenvalue weighted by Gasteiger charge is 2.40. The molecule has 1 amide bonds. The van der Waals surface area contributed by atoms with Gasteiger partial charge in [0.1, 0.15) is 17.5 Å². The van der Waals surface area contributed by atoms with E-state index in [0.717, 1.165) is 30.0 Å². The third kappa shape index (κ3) is 5.29. The van der Waals surface area contributed by atoms with E-state index >= 15 is 0 Å². The zero-order valence-electron chi connectivity index (χ0n) is 23.7. The van der Waals surface area contributed by atoms with Crippen LogP contribution in [-0.4, -0.2) is 51.3 Å². The predicted molar refractivity (Wildman–Crippen MR) is 162 cm³/mol. The zero-order valence-corrected chi connectivity index (χ0v) is 25.3. The molecule has 2 aliphatic rings. The molecule has 0 spiro atoms. The highest BCUT2D eigenvalue weighted by molar-refractivity contribution is 7.99. The summed E-state index contributed by atoms with van der Waals surface area (Å²) in [5.41, 5.74) is -1.29. The van der Waals surface area contributed by atoms with Gasteiger partial charge in [0.05, 0.1) is 11.1 Å². The molecule has 3 atom stereocenters. The van der Waals surface area contributed by atoms with Crippen molar-refractivity contribution in [3.63, 3.8) is 0 Å². The summed E-state index contributed by atoms with van der Waals surface area (Å²) in [6, 6.07) is 6.51. The van der Waals surface area contributed by atoms with E-state index in [-0.39, 0.29) is 76.5 Å². The van der Waals surface area contributed by atoms with Crippen molar-refractivity contribution in [1.29, 1.82) is 0 Å². The lowest BCUT2D eigenvalue weighted by molar-refractivity contribution is -0.137. The van der Waals surface area contributed by atoms with Crippen LogP contribution in [0.4, 0.5) is 27.8 Å². The third-order valence-corrected chi connectivity index (χ3v) is 10.4. The summed E-state index contributed by atoms with van der Waals surface area (Å²) in [5, 5.41) is 1.49. The summed E-state index contributed by atoms with van der Waals surface area (Å²) in [7, 11) is 0. The number of rotatable bonds is 4. The minimum Gasteiger partial charge on any atom is -0.352 e. The van der Waals surface area contributed by atoms with Crippen LogP contribution in [0, 0.1) is 11.6 Å². The summed E-state index contributed by atoms with van der Waals surface area (Å²) in [4.78, 5) is 35.0. The number of nitrogens with zero attached hydrogens (tertiary/aromatic N) is 4. The van der Waals surface area contributed by atoms with Gasteiger partial charge in [0.15, 0.2) is 0 Å². The molecule has 1 fully saturated rings. The topological polar surface area (TPSA) is 58.4 Å². The van der Waals surface area contributed by atoms with Gasteiger partial charge in [0.2, 0.25) is 5.91 Å².